The third kappa shape index (κ3) is 3.08. The van der Waals surface area contributed by atoms with Crippen LogP contribution in [0.1, 0.15) is 18.4 Å². The highest BCUT2D eigenvalue weighted by Crippen LogP contribution is 2.36. The molecule has 0 spiro atoms. The zero-order chi connectivity index (χ0) is 17.6. The van der Waals surface area contributed by atoms with E-state index in [0.29, 0.717) is 39.3 Å². The Morgan fingerprint density at radius 2 is 2.04 bits per heavy atom. The standard InChI is InChI=1S/C17H15Cl2N5O/c18-10-5-8(7-20)6-11(19)13(10)15-22-12-3-4-21-16(14(12)23-15)24-17(25)9-1-2-9/h3-6,9H,1-2,7,20H2,(H,22,23)(H,21,24,25). The van der Waals surface area contributed by atoms with Crippen molar-refractivity contribution in [2.45, 2.75) is 19.4 Å². The quantitative estimate of drug-likeness (QED) is 0.646. The van der Waals surface area contributed by atoms with E-state index in [1.54, 1.807) is 24.4 Å². The van der Waals surface area contributed by atoms with E-state index in [1.807, 2.05) is 0 Å². The summed E-state index contributed by atoms with van der Waals surface area (Å²) in [5.41, 5.74) is 8.39. The van der Waals surface area contributed by atoms with Crippen molar-refractivity contribution in [3.05, 3.63) is 40.0 Å². The van der Waals surface area contributed by atoms with Crippen LogP contribution in [0.5, 0.6) is 0 Å². The smallest absolute Gasteiger partial charge is 0.228 e. The second kappa shape index (κ2) is 6.29. The van der Waals surface area contributed by atoms with Crippen molar-refractivity contribution in [2.24, 2.45) is 11.7 Å². The Balaban J connectivity index is 1.78. The van der Waals surface area contributed by atoms with Gasteiger partial charge in [-0.2, -0.15) is 0 Å². The number of pyridine rings is 1. The van der Waals surface area contributed by atoms with Gasteiger partial charge in [-0.05, 0) is 36.6 Å². The molecule has 0 radical (unpaired) electrons. The molecular formula is C17H15Cl2N5O. The number of nitrogens with one attached hydrogen (secondary N) is 2. The predicted molar refractivity (Wildman–Crippen MR) is 98.6 cm³/mol. The number of halogens is 2. The zero-order valence-corrected chi connectivity index (χ0v) is 14.7. The maximum atomic E-state index is 12.0. The Morgan fingerprint density at radius 3 is 2.68 bits per heavy atom. The molecule has 0 atom stereocenters. The van der Waals surface area contributed by atoms with Gasteiger partial charge in [-0.25, -0.2) is 9.97 Å². The summed E-state index contributed by atoms with van der Waals surface area (Å²) in [5, 5.41) is 3.77. The van der Waals surface area contributed by atoms with Gasteiger partial charge in [0.25, 0.3) is 0 Å². The molecule has 0 bridgehead atoms. The summed E-state index contributed by atoms with van der Waals surface area (Å²) in [6.45, 7) is 0.348. The van der Waals surface area contributed by atoms with Gasteiger partial charge in [-0.15, -0.1) is 0 Å². The number of hydrogen-bond donors (Lipinski definition) is 3. The maximum absolute atomic E-state index is 12.0. The lowest BCUT2D eigenvalue weighted by Gasteiger charge is -2.06. The fraction of sp³-hybridized carbons (Fsp3) is 0.235. The predicted octanol–water partition coefficient (Wildman–Crippen LogP) is 3.74. The van der Waals surface area contributed by atoms with Gasteiger partial charge in [0, 0.05) is 18.7 Å². The molecule has 128 valence electrons. The van der Waals surface area contributed by atoms with Crippen LogP contribution < -0.4 is 11.1 Å². The van der Waals surface area contributed by atoms with Crippen LogP contribution in [-0.4, -0.2) is 20.9 Å². The summed E-state index contributed by atoms with van der Waals surface area (Å²) in [4.78, 5) is 24.0. The lowest BCUT2D eigenvalue weighted by Crippen LogP contribution is -2.14. The first-order valence-electron chi connectivity index (χ1n) is 7.90. The summed E-state index contributed by atoms with van der Waals surface area (Å²) < 4.78 is 0. The summed E-state index contributed by atoms with van der Waals surface area (Å²) >= 11 is 12.7. The van der Waals surface area contributed by atoms with Gasteiger partial charge in [0.05, 0.1) is 21.1 Å². The van der Waals surface area contributed by atoms with Crippen LogP contribution in [0.4, 0.5) is 5.82 Å². The fourth-order valence-corrected chi connectivity index (χ4v) is 3.39. The minimum absolute atomic E-state index is 0.0205. The van der Waals surface area contributed by atoms with Crippen molar-refractivity contribution in [2.75, 3.05) is 5.32 Å². The molecule has 1 fully saturated rings. The molecule has 4 rings (SSSR count). The molecule has 8 heteroatoms. The number of benzene rings is 1. The molecule has 4 N–H and O–H groups in total. The van der Waals surface area contributed by atoms with E-state index >= 15 is 0 Å². The first-order chi connectivity index (χ1) is 12.1. The van der Waals surface area contributed by atoms with Crippen LogP contribution in [0.15, 0.2) is 24.4 Å². The summed E-state index contributed by atoms with van der Waals surface area (Å²) in [6, 6.07) is 5.32. The molecule has 2 aromatic heterocycles. The van der Waals surface area contributed by atoms with Gasteiger partial charge in [0.1, 0.15) is 11.3 Å². The molecule has 0 unspecified atom stereocenters. The fourth-order valence-electron chi connectivity index (χ4n) is 2.68. The number of anilines is 1. The number of carbonyl (C=O) groups is 1. The molecule has 25 heavy (non-hydrogen) atoms. The number of H-pyrrole nitrogens is 1. The minimum Gasteiger partial charge on any atom is -0.338 e. The van der Waals surface area contributed by atoms with Crippen LogP contribution in [0.3, 0.4) is 0 Å². The summed E-state index contributed by atoms with van der Waals surface area (Å²) in [7, 11) is 0. The van der Waals surface area contributed by atoms with E-state index in [9.17, 15) is 4.79 Å². The van der Waals surface area contributed by atoms with E-state index in [4.69, 9.17) is 28.9 Å². The average molecular weight is 376 g/mol. The van der Waals surface area contributed by atoms with Crippen molar-refractivity contribution in [1.29, 1.82) is 0 Å². The Labute approximate surface area is 153 Å². The van der Waals surface area contributed by atoms with E-state index in [1.165, 1.54) is 0 Å². The van der Waals surface area contributed by atoms with Crippen LogP contribution in [-0.2, 0) is 11.3 Å². The average Bonchev–Trinajstić information content (AvgIpc) is 3.34. The molecule has 6 nitrogen and oxygen atoms in total. The number of aromatic nitrogens is 3. The molecule has 1 aliphatic rings. The van der Waals surface area contributed by atoms with E-state index in [-0.39, 0.29) is 11.8 Å². The van der Waals surface area contributed by atoms with Gasteiger partial charge < -0.3 is 16.0 Å². The van der Waals surface area contributed by atoms with Gasteiger partial charge in [-0.3, -0.25) is 4.79 Å². The van der Waals surface area contributed by atoms with Gasteiger partial charge >= 0.3 is 0 Å². The third-order valence-electron chi connectivity index (χ3n) is 4.17. The lowest BCUT2D eigenvalue weighted by molar-refractivity contribution is -0.117. The largest absolute Gasteiger partial charge is 0.338 e. The highest BCUT2D eigenvalue weighted by Gasteiger charge is 2.30. The van der Waals surface area contributed by atoms with Crippen molar-refractivity contribution < 1.29 is 4.79 Å². The second-order valence-corrected chi connectivity index (χ2v) is 6.86. The first-order valence-corrected chi connectivity index (χ1v) is 8.66. The Morgan fingerprint density at radius 1 is 1.32 bits per heavy atom. The monoisotopic (exact) mass is 375 g/mol. The van der Waals surface area contributed by atoms with Gasteiger partial charge in [0.2, 0.25) is 5.91 Å². The molecule has 2 heterocycles. The topological polar surface area (TPSA) is 96.7 Å². The lowest BCUT2D eigenvalue weighted by atomic mass is 10.1. The number of rotatable bonds is 4. The van der Waals surface area contributed by atoms with Crippen LogP contribution >= 0.6 is 23.2 Å². The van der Waals surface area contributed by atoms with E-state index in [2.05, 4.69) is 20.3 Å². The number of nitrogens with zero attached hydrogens (tertiary/aromatic N) is 2. The Hall–Kier alpha value is -2.15. The molecular weight excluding hydrogens is 361 g/mol. The van der Waals surface area contributed by atoms with Crippen molar-refractivity contribution >= 4 is 46.0 Å². The van der Waals surface area contributed by atoms with Crippen LogP contribution in [0.25, 0.3) is 22.4 Å². The van der Waals surface area contributed by atoms with Crippen LogP contribution in [0, 0.1) is 5.92 Å². The highest BCUT2D eigenvalue weighted by atomic mass is 35.5. The summed E-state index contributed by atoms with van der Waals surface area (Å²) in [5.74, 6) is 1.02. The molecule has 1 aromatic carbocycles. The number of aromatic amines is 1. The number of amides is 1. The number of hydrogen-bond acceptors (Lipinski definition) is 4. The number of nitrogens with two attached hydrogens (primary N) is 1. The zero-order valence-electron chi connectivity index (χ0n) is 13.1. The van der Waals surface area contributed by atoms with Crippen molar-refractivity contribution in [1.82, 2.24) is 15.0 Å². The van der Waals surface area contributed by atoms with Gasteiger partial charge in [-0.1, -0.05) is 23.2 Å². The maximum Gasteiger partial charge on any atom is 0.228 e. The van der Waals surface area contributed by atoms with Crippen molar-refractivity contribution in [3.8, 4) is 11.4 Å². The van der Waals surface area contributed by atoms with Crippen molar-refractivity contribution in [3.63, 3.8) is 0 Å². The third-order valence-corrected chi connectivity index (χ3v) is 4.76. The number of fused-ring (bicyclic) bond motifs is 1. The minimum atomic E-state index is -0.0205. The first kappa shape index (κ1) is 16.3. The van der Waals surface area contributed by atoms with Crippen LogP contribution in [0.2, 0.25) is 10.0 Å². The van der Waals surface area contributed by atoms with E-state index < -0.39 is 0 Å². The molecule has 1 amide bonds. The summed E-state index contributed by atoms with van der Waals surface area (Å²) in [6.07, 6.45) is 3.46. The second-order valence-electron chi connectivity index (χ2n) is 6.04. The molecule has 1 saturated carbocycles. The number of imidazole rings is 1. The number of carbonyl (C=O) groups excluding carboxylic acids is 1. The molecule has 0 saturated heterocycles. The normalized spacial score (nSPS) is 14.0. The SMILES string of the molecule is NCc1cc(Cl)c(-c2nc3c(NC(=O)C4CC4)nccc3[nH]2)c(Cl)c1. The van der Waals surface area contributed by atoms with Gasteiger partial charge in [0.15, 0.2) is 5.82 Å². The molecule has 1 aliphatic carbocycles. The van der Waals surface area contributed by atoms with E-state index in [0.717, 1.165) is 23.9 Å². The Kier molecular flexibility index (Phi) is 4.11. The molecule has 3 aromatic rings. The Bertz CT molecular complexity index is 957. The highest BCUT2D eigenvalue weighted by molar-refractivity contribution is 6.39. The molecule has 0 aliphatic heterocycles.